The van der Waals surface area contributed by atoms with Crippen LogP contribution >= 0.6 is 0 Å². The number of halogens is 2. The molecule has 10 nitrogen and oxygen atoms in total. The first-order valence-electron chi connectivity index (χ1n) is 17.4. The zero-order valence-corrected chi connectivity index (χ0v) is 28.8. The lowest BCUT2D eigenvalue weighted by atomic mass is 10.0. The predicted molar refractivity (Wildman–Crippen MR) is 191 cm³/mol. The predicted octanol–water partition coefficient (Wildman–Crippen LogP) is 6.61. The van der Waals surface area contributed by atoms with E-state index in [1.807, 2.05) is 0 Å². The lowest BCUT2D eigenvalue weighted by Gasteiger charge is -2.22. The number of benzene rings is 3. The molecular weight excluding hydrogens is 672 g/mol. The number of nitrogens with one attached hydrogen (secondary N) is 1. The van der Waals surface area contributed by atoms with Crippen LogP contribution in [-0.2, 0) is 17.6 Å². The molecule has 0 amide bonds. The monoisotopic (exact) mass is 711 g/mol. The number of pyridine rings is 2. The van der Waals surface area contributed by atoms with E-state index in [0.29, 0.717) is 70.5 Å². The molecule has 270 valence electrons. The van der Waals surface area contributed by atoms with Gasteiger partial charge in [0.2, 0.25) is 0 Å². The maximum Gasteiger partial charge on any atom is 0.269 e. The van der Waals surface area contributed by atoms with E-state index < -0.39 is 23.0 Å². The molecule has 52 heavy (non-hydrogen) atoms. The molecule has 1 fully saturated rings. The second-order valence-electron chi connectivity index (χ2n) is 12.9. The van der Waals surface area contributed by atoms with Crippen LogP contribution in [0.2, 0.25) is 0 Å². The van der Waals surface area contributed by atoms with Crippen molar-refractivity contribution in [3.05, 3.63) is 112 Å². The van der Waals surface area contributed by atoms with E-state index >= 15 is 4.39 Å². The summed E-state index contributed by atoms with van der Waals surface area (Å²) in [6, 6.07) is 14.8. The Labute approximate surface area is 299 Å². The summed E-state index contributed by atoms with van der Waals surface area (Å²) in [5.74, 6) is 0.565. The molecule has 0 bridgehead atoms. The van der Waals surface area contributed by atoms with Crippen molar-refractivity contribution >= 4 is 16.7 Å². The van der Waals surface area contributed by atoms with Crippen LogP contribution in [0, 0.1) is 17.6 Å². The minimum atomic E-state index is -0.689. The SMILES string of the molecule is COc1cc2c(Oc3ccc(CC(=O)c4c5c(cn(-c6ccc(F)cc6)c4=O)CCO5)cc3F)ccnc2cc1OCCCNCC1CCOCC1. The highest BCUT2D eigenvalue weighted by Crippen LogP contribution is 2.38. The van der Waals surface area contributed by atoms with Crippen LogP contribution in [0.25, 0.3) is 16.6 Å². The number of hydrogen-bond donors (Lipinski definition) is 1. The van der Waals surface area contributed by atoms with Gasteiger partial charge in [0, 0.05) is 61.2 Å². The topological polar surface area (TPSA) is 110 Å². The van der Waals surface area contributed by atoms with Gasteiger partial charge in [-0.05, 0) is 92.4 Å². The number of hydrogen-bond acceptors (Lipinski definition) is 9. The normalized spacial score (nSPS) is 14.2. The Hall–Kier alpha value is -5.33. The summed E-state index contributed by atoms with van der Waals surface area (Å²) in [4.78, 5) is 31.6. The summed E-state index contributed by atoms with van der Waals surface area (Å²) in [6.07, 6.45) is 6.44. The Bertz CT molecular complexity index is 2130. The number of rotatable bonds is 14. The Balaban J connectivity index is 1.03. The standard InChI is InChI=1S/C40H39F2N3O7/c1-48-36-21-30-32(22-37(36)50-15-2-13-43-23-25-10-16-49-17-11-25)44-14-9-34(30)52-35-8-3-26(19-31(35)42)20-33(46)38-39-27(12-18-51-39)24-45(40(38)47)29-6-4-28(41)5-7-29/h3-9,14,19,21-22,24-25,43H,2,10-13,15-18,20,23H2,1H3. The molecular formula is C40H39F2N3O7. The van der Waals surface area contributed by atoms with Gasteiger partial charge in [-0.2, -0.15) is 0 Å². The molecule has 0 radical (unpaired) electrons. The van der Waals surface area contributed by atoms with Crippen molar-refractivity contribution in [1.82, 2.24) is 14.9 Å². The summed E-state index contributed by atoms with van der Waals surface area (Å²) in [6.45, 7) is 4.29. The average molecular weight is 712 g/mol. The van der Waals surface area contributed by atoms with Gasteiger partial charge in [-0.1, -0.05) is 6.07 Å². The number of nitrogens with zero attached hydrogens (tertiary/aromatic N) is 2. The Morgan fingerprint density at radius 3 is 2.60 bits per heavy atom. The summed E-state index contributed by atoms with van der Waals surface area (Å²) >= 11 is 0. The average Bonchev–Trinajstić information content (AvgIpc) is 3.62. The molecule has 0 atom stereocenters. The second-order valence-corrected chi connectivity index (χ2v) is 12.9. The van der Waals surface area contributed by atoms with E-state index in [0.717, 1.165) is 45.6 Å². The molecule has 2 aromatic heterocycles. The summed E-state index contributed by atoms with van der Waals surface area (Å²) in [7, 11) is 1.55. The smallest absolute Gasteiger partial charge is 0.269 e. The molecule has 1 saturated heterocycles. The minimum Gasteiger partial charge on any atom is -0.493 e. The van der Waals surface area contributed by atoms with Crippen LogP contribution < -0.4 is 29.8 Å². The molecule has 0 spiro atoms. The summed E-state index contributed by atoms with van der Waals surface area (Å²) in [5.41, 5.74) is 1.32. The van der Waals surface area contributed by atoms with Gasteiger partial charge in [-0.3, -0.25) is 19.1 Å². The van der Waals surface area contributed by atoms with Crippen molar-refractivity contribution in [2.45, 2.75) is 32.1 Å². The van der Waals surface area contributed by atoms with E-state index in [9.17, 15) is 14.0 Å². The third-order valence-corrected chi connectivity index (χ3v) is 9.33. The summed E-state index contributed by atoms with van der Waals surface area (Å²) in [5, 5.41) is 4.10. The minimum absolute atomic E-state index is 0.0566. The second kappa shape index (κ2) is 15.9. The molecule has 5 aromatic rings. The summed E-state index contributed by atoms with van der Waals surface area (Å²) < 4.78 is 59.2. The van der Waals surface area contributed by atoms with Gasteiger partial charge in [0.1, 0.15) is 22.9 Å². The van der Waals surface area contributed by atoms with Crippen LogP contribution in [0.4, 0.5) is 8.78 Å². The highest BCUT2D eigenvalue weighted by Gasteiger charge is 2.27. The molecule has 7 rings (SSSR count). The van der Waals surface area contributed by atoms with Crippen molar-refractivity contribution in [3.63, 3.8) is 0 Å². The fourth-order valence-electron chi connectivity index (χ4n) is 6.55. The quantitative estimate of drug-likeness (QED) is 0.101. The number of carbonyl (C=O) groups excluding carboxylic acids is 1. The van der Waals surface area contributed by atoms with Crippen molar-refractivity contribution in [2.24, 2.45) is 5.92 Å². The molecule has 0 saturated carbocycles. The fraction of sp³-hybridized carbons (Fsp3) is 0.325. The van der Waals surface area contributed by atoms with E-state index in [1.54, 1.807) is 43.8 Å². The maximum atomic E-state index is 15.5. The van der Waals surface area contributed by atoms with Crippen molar-refractivity contribution in [2.75, 3.05) is 46.6 Å². The Morgan fingerprint density at radius 2 is 1.81 bits per heavy atom. The van der Waals surface area contributed by atoms with Gasteiger partial charge in [0.25, 0.3) is 5.56 Å². The highest BCUT2D eigenvalue weighted by molar-refractivity contribution is 6.00. The van der Waals surface area contributed by atoms with Gasteiger partial charge in [0.15, 0.2) is 28.8 Å². The highest BCUT2D eigenvalue weighted by atomic mass is 19.1. The molecule has 2 aliphatic rings. The Kier molecular flexibility index (Phi) is 10.7. The van der Waals surface area contributed by atoms with Gasteiger partial charge >= 0.3 is 0 Å². The molecule has 1 N–H and O–H groups in total. The third-order valence-electron chi connectivity index (χ3n) is 9.33. The maximum absolute atomic E-state index is 15.5. The van der Waals surface area contributed by atoms with Crippen molar-refractivity contribution < 1.29 is 37.3 Å². The molecule has 0 aliphatic carbocycles. The molecule has 0 unspecified atom stereocenters. The lowest BCUT2D eigenvalue weighted by Crippen LogP contribution is -2.28. The molecule has 3 aromatic carbocycles. The van der Waals surface area contributed by atoms with E-state index in [4.69, 9.17) is 23.7 Å². The number of aromatic nitrogens is 2. The third kappa shape index (κ3) is 7.78. The number of ether oxygens (including phenoxy) is 5. The fourth-order valence-corrected chi connectivity index (χ4v) is 6.55. The number of methoxy groups -OCH3 is 1. The van der Waals surface area contributed by atoms with Crippen molar-refractivity contribution in [3.8, 4) is 34.4 Å². The lowest BCUT2D eigenvalue weighted by molar-refractivity contribution is 0.0662. The zero-order chi connectivity index (χ0) is 36.0. The van der Waals surface area contributed by atoms with Crippen LogP contribution in [0.3, 0.4) is 0 Å². The first-order chi connectivity index (χ1) is 25.4. The molecule has 2 aliphatic heterocycles. The van der Waals surface area contributed by atoms with Crippen LogP contribution in [0.1, 0.15) is 40.7 Å². The number of fused-ring (bicyclic) bond motifs is 2. The van der Waals surface area contributed by atoms with E-state index in [1.165, 1.54) is 41.0 Å². The van der Waals surface area contributed by atoms with Gasteiger partial charge in [-0.25, -0.2) is 8.78 Å². The van der Waals surface area contributed by atoms with Crippen LogP contribution in [-0.4, -0.2) is 62.0 Å². The van der Waals surface area contributed by atoms with Gasteiger partial charge in [0.05, 0.1) is 25.8 Å². The van der Waals surface area contributed by atoms with Gasteiger partial charge < -0.3 is 29.0 Å². The van der Waals surface area contributed by atoms with Crippen LogP contribution in [0.5, 0.6) is 28.7 Å². The zero-order valence-electron chi connectivity index (χ0n) is 28.8. The first-order valence-corrected chi connectivity index (χ1v) is 17.4. The van der Waals surface area contributed by atoms with Gasteiger partial charge in [-0.15, -0.1) is 0 Å². The van der Waals surface area contributed by atoms with Crippen LogP contribution in [0.15, 0.2) is 77.9 Å². The Morgan fingerprint density at radius 1 is 0.981 bits per heavy atom. The largest absolute Gasteiger partial charge is 0.493 e. The van der Waals surface area contributed by atoms with Crippen molar-refractivity contribution in [1.29, 1.82) is 0 Å². The number of ketones is 1. The van der Waals surface area contributed by atoms with E-state index in [2.05, 4.69) is 10.3 Å². The van der Waals surface area contributed by atoms with E-state index in [-0.39, 0.29) is 23.5 Å². The molecule has 12 heteroatoms. The number of Topliss-reactive ketones (excluding diaryl/α,β-unsaturated/α-hetero) is 1. The first kappa shape index (κ1) is 35.1. The molecule has 4 heterocycles. The number of carbonyl (C=O) groups is 1.